The lowest BCUT2D eigenvalue weighted by molar-refractivity contribution is -0.144. The van der Waals surface area contributed by atoms with Crippen LogP contribution in [0, 0.1) is 6.92 Å². The molecule has 1 fully saturated rings. The Labute approximate surface area is 93.3 Å². The van der Waals surface area contributed by atoms with Gasteiger partial charge < -0.3 is 18.6 Å². The predicted molar refractivity (Wildman–Crippen MR) is 53.6 cm³/mol. The molecule has 1 aromatic rings. The van der Waals surface area contributed by atoms with Gasteiger partial charge in [0.2, 0.25) is 6.29 Å². The maximum atomic E-state index is 11.0. The summed E-state index contributed by atoms with van der Waals surface area (Å²) in [5.74, 6) is 1.13. The zero-order chi connectivity index (χ0) is 11.5. The van der Waals surface area contributed by atoms with E-state index in [2.05, 4.69) is 4.74 Å². The molecule has 0 aliphatic carbocycles. The van der Waals surface area contributed by atoms with Crippen LogP contribution in [0.2, 0.25) is 0 Å². The first kappa shape index (κ1) is 11.2. The van der Waals surface area contributed by atoms with Gasteiger partial charge in [-0.2, -0.15) is 0 Å². The summed E-state index contributed by atoms with van der Waals surface area (Å²) in [5.41, 5.74) is 0. The van der Waals surface area contributed by atoms with Crippen molar-refractivity contribution in [3.63, 3.8) is 0 Å². The Morgan fingerprint density at radius 1 is 1.56 bits per heavy atom. The summed E-state index contributed by atoms with van der Waals surface area (Å²) in [4.78, 5) is 11.0. The van der Waals surface area contributed by atoms with Crippen molar-refractivity contribution in [2.24, 2.45) is 0 Å². The van der Waals surface area contributed by atoms with E-state index < -0.39 is 6.29 Å². The fraction of sp³-hybridized carbons (Fsp3) is 0.545. The minimum absolute atomic E-state index is 0.201. The lowest BCUT2D eigenvalue weighted by atomic mass is 10.3. The largest absolute Gasteiger partial charge is 0.469 e. The maximum absolute atomic E-state index is 11.0. The van der Waals surface area contributed by atoms with Crippen molar-refractivity contribution in [2.45, 2.75) is 25.7 Å². The van der Waals surface area contributed by atoms with Crippen LogP contribution in [-0.4, -0.2) is 25.8 Å². The van der Waals surface area contributed by atoms with Gasteiger partial charge in [0.25, 0.3) is 0 Å². The highest BCUT2D eigenvalue weighted by molar-refractivity contribution is 5.69. The number of esters is 1. The highest BCUT2D eigenvalue weighted by atomic mass is 16.7. The number of carbonyl (C=O) groups is 1. The van der Waals surface area contributed by atoms with Gasteiger partial charge in [-0.25, -0.2) is 0 Å². The summed E-state index contributed by atoms with van der Waals surface area (Å²) in [7, 11) is 1.35. The average Bonchev–Trinajstić information content (AvgIpc) is 2.87. The molecule has 0 spiro atoms. The number of ether oxygens (including phenoxy) is 3. The SMILES string of the molecule is COC(=O)CC1COC(c2ccc(C)o2)O1. The predicted octanol–water partition coefficient (Wildman–Crippen LogP) is 1.57. The molecule has 2 atom stereocenters. The smallest absolute Gasteiger partial charge is 0.308 e. The van der Waals surface area contributed by atoms with Gasteiger partial charge in [-0.15, -0.1) is 0 Å². The summed E-state index contributed by atoms with van der Waals surface area (Å²) < 4.78 is 20.8. The molecule has 5 nitrogen and oxygen atoms in total. The van der Waals surface area contributed by atoms with Gasteiger partial charge >= 0.3 is 5.97 Å². The number of methoxy groups -OCH3 is 1. The standard InChI is InChI=1S/C11H14O5/c1-7-3-4-9(15-7)11-14-6-8(16-11)5-10(12)13-2/h3-4,8,11H,5-6H2,1-2H3. The molecule has 2 heterocycles. The number of furan rings is 1. The number of rotatable bonds is 3. The molecule has 2 rings (SSSR count). The van der Waals surface area contributed by atoms with Crippen LogP contribution in [-0.2, 0) is 19.0 Å². The third kappa shape index (κ3) is 2.43. The normalized spacial score (nSPS) is 24.6. The Kier molecular flexibility index (Phi) is 3.26. The molecule has 5 heteroatoms. The molecular weight excluding hydrogens is 212 g/mol. The van der Waals surface area contributed by atoms with Crippen LogP contribution in [0.25, 0.3) is 0 Å². The first-order valence-electron chi connectivity index (χ1n) is 5.09. The summed E-state index contributed by atoms with van der Waals surface area (Å²) in [6.07, 6.45) is -0.571. The minimum Gasteiger partial charge on any atom is -0.469 e. The van der Waals surface area contributed by atoms with Crippen molar-refractivity contribution in [3.8, 4) is 0 Å². The zero-order valence-corrected chi connectivity index (χ0v) is 9.26. The van der Waals surface area contributed by atoms with Crippen LogP contribution in [0.5, 0.6) is 0 Å². The van der Waals surface area contributed by atoms with Crippen molar-refractivity contribution in [1.29, 1.82) is 0 Å². The molecule has 0 amide bonds. The van der Waals surface area contributed by atoms with Crippen molar-refractivity contribution in [2.75, 3.05) is 13.7 Å². The van der Waals surface area contributed by atoms with Gasteiger partial charge in [0.15, 0.2) is 5.76 Å². The quantitative estimate of drug-likeness (QED) is 0.732. The third-order valence-corrected chi connectivity index (χ3v) is 2.37. The van der Waals surface area contributed by atoms with Crippen LogP contribution in [0.3, 0.4) is 0 Å². The van der Waals surface area contributed by atoms with E-state index in [9.17, 15) is 4.79 Å². The molecule has 0 N–H and O–H groups in total. The van der Waals surface area contributed by atoms with E-state index in [0.717, 1.165) is 5.76 Å². The Morgan fingerprint density at radius 3 is 3.00 bits per heavy atom. The molecule has 0 radical (unpaired) electrons. The highest BCUT2D eigenvalue weighted by Gasteiger charge is 2.31. The number of carbonyl (C=O) groups excluding carboxylic acids is 1. The molecule has 0 aromatic carbocycles. The molecule has 1 aliphatic heterocycles. The number of hydrogen-bond acceptors (Lipinski definition) is 5. The second-order valence-corrected chi connectivity index (χ2v) is 3.65. The molecular formula is C11H14O5. The van der Waals surface area contributed by atoms with Crippen molar-refractivity contribution in [3.05, 3.63) is 23.7 Å². The van der Waals surface area contributed by atoms with Crippen LogP contribution < -0.4 is 0 Å². The summed E-state index contributed by atoms with van der Waals surface area (Å²) in [6.45, 7) is 2.23. The van der Waals surface area contributed by atoms with Crippen LogP contribution in [0.1, 0.15) is 24.2 Å². The van der Waals surface area contributed by atoms with Gasteiger partial charge in [-0.3, -0.25) is 4.79 Å². The zero-order valence-electron chi connectivity index (χ0n) is 9.26. The molecule has 2 unspecified atom stereocenters. The van der Waals surface area contributed by atoms with Gasteiger partial charge in [0.1, 0.15) is 5.76 Å². The van der Waals surface area contributed by atoms with E-state index in [0.29, 0.717) is 12.4 Å². The second-order valence-electron chi connectivity index (χ2n) is 3.65. The number of aryl methyl sites for hydroxylation is 1. The minimum atomic E-state index is -0.511. The Balaban J connectivity index is 1.90. The first-order valence-corrected chi connectivity index (χ1v) is 5.09. The Hall–Kier alpha value is -1.33. The van der Waals surface area contributed by atoms with Gasteiger partial charge in [-0.05, 0) is 19.1 Å². The highest BCUT2D eigenvalue weighted by Crippen LogP contribution is 2.29. The lowest BCUT2D eigenvalue weighted by Crippen LogP contribution is -2.16. The van der Waals surface area contributed by atoms with E-state index in [4.69, 9.17) is 13.9 Å². The van der Waals surface area contributed by atoms with Gasteiger partial charge in [0, 0.05) is 0 Å². The summed E-state index contributed by atoms with van der Waals surface area (Å²) in [6, 6.07) is 3.65. The average molecular weight is 226 g/mol. The van der Waals surface area contributed by atoms with Gasteiger partial charge in [0.05, 0.1) is 26.2 Å². The van der Waals surface area contributed by atoms with E-state index in [1.807, 2.05) is 13.0 Å². The molecule has 16 heavy (non-hydrogen) atoms. The summed E-state index contributed by atoms with van der Waals surface area (Å²) >= 11 is 0. The summed E-state index contributed by atoms with van der Waals surface area (Å²) in [5, 5.41) is 0. The van der Waals surface area contributed by atoms with E-state index in [1.165, 1.54) is 7.11 Å². The fourth-order valence-corrected chi connectivity index (χ4v) is 1.55. The monoisotopic (exact) mass is 226 g/mol. The third-order valence-electron chi connectivity index (χ3n) is 2.37. The van der Waals surface area contributed by atoms with E-state index in [1.54, 1.807) is 6.07 Å². The molecule has 1 aliphatic rings. The van der Waals surface area contributed by atoms with Crippen molar-refractivity contribution >= 4 is 5.97 Å². The van der Waals surface area contributed by atoms with Crippen LogP contribution >= 0.6 is 0 Å². The molecule has 1 saturated heterocycles. The lowest BCUT2D eigenvalue weighted by Gasteiger charge is -2.08. The number of hydrogen-bond donors (Lipinski definition) is 0. The fourth-order valence-electron chi connectivity index (χ4n) is 1.55. The van der Waals surface area contributed by atoms with E-state index in [-0.39, 0.29) is 18.5 Å². The van der Waals surface area contributed by atoms with Crippen LogP contribution in [0.15, 0.2) is 16.5 Å². The Bertz CT molecular complexity index is 370. The van der Waals surface area contributed by atoms with Gasteiger partial charge in [-0.1, -0.05) is 0 Å². The van der Waals surface area contributed by atoms with Crippen LogP contribution in [0.4, 0.5) is 0 Å². The second kappa shape index (κ2) is 4.67. The first-order chi connectivity index (χ1) is 7.69. The topological polar surface area (TPSA) is 57.9 Å². The molecule has 0 bridgehead atoms. The Morgan fingerprint density at radius 2 is 2.38 bits per heavy atom. The van der Waals surface area contributed by atoms with Crippen molar-refractivity contribution in [1.82, 2.24) is 0 Å². The van der Waals surface area contributed by atoms with E-state index >= 15 is 0 Å². The van der Waals surface area contributed by atoms with Crippen molar-refractivity contribution < 1.29 is 23.4 Å². The molecule has 1 aromatic heterocycles. The molecule has 88 valence electrons. The molecule has 0 saturated carbocycles. The maximum Gasteiger partial charge on any atom is 0.308 e.